The zero-order valence-electron chi connectivity index (χ0n) is 33.3. The van der Waals surface area contributed by atoms with Crippen molar-refractivity contribution in [3.8, 4) is 34.3 Å². The van der Waals surface area contributed by atoms with E-state index in [9.17, 15) is 20.1 Å². The van der Waals surface area contributed by atoms with Gasteiger partial charge in [0.05, 0.1) is 22.2 Å². The first-order valence-electron chi connectivity index (χ1n) is 20.1. The highest BCUT2D eigenvalue weighted by atomic mass is 16.3. The van der Waals surface area contributed by atoms with Crippen LogP contribution in [0.15, 0.2) is 115 Å². The highest BCUT2D eigenvalue weighted by Crippen LogP contribution is 2.34. The van der Waals surface area contributed by atoms with E-state index in [1.807, 2.05) is 73.7 Å². The summed E-state index contributed by atoms with van der Waals surface area (Å²) in [6.45, 7) is 9.97. The van der Waals surface area contributed by atoms with Crippen molar-refractivity contribution in [3.63, 3.8) is 0 Å². The molecule has 300 valence electrons. The number of aromatic nitrogens is 4. The molecule has 5 aromatic carbocycles. The standard InChI is InChI=1S/C28H28N4O3.C19H20N4O/c1-19-11-12-21-23(17-19)29-26(22-9-5-6-10-24(22)33)30-27(21)31-13-15-32(16-14-31)28(35)25(34)18-20-7-3-2-4-8-20;1-13-6-7-14-16(12-13)21-18(15-4-2-3-5-17(15)24)22-19(14)23-10-8-20-9-11-23/h2-12,17,25,33-34H,13-16,18H2,1H3;2-7,12,20,24H,8-11H2,1H3/t25-;/m1./s1. The number of anilines is 2. The third-order valence-electron chi connectivity index (χ3n) is 10.8. The minimum atomic E-state index is -1.06. The maximum Gasteiger partial charge on any atom is 0.251 e. The summed E-state index contributed by atoms with van der Waals surface area (Å²) in [7, 11) is 0. The molecule has 7 aromatic rings. The molecule has 0 aliphatic carbocycles. The molecule has 12 heteroatoms. The van der Waals surface area contributed by atoms with Crippen molar-refractivity contribution in [2.24, 2.45) is 0 Å². The molecule has 2 aromatic heterocycles. The van der Waals surface area contributed by atoms with E-state index in [1.54, 1.807) is 35.2 Å². The van der Waals surface area contributed by atoms with Gasteiger partial charge in [0.25, 0.3) is 5.91 Å². The number of benzene rings is 5. The Balaban J connectivity index is 0.000000176. The van der Waals surface area contributed by atoms with Crippen LogP contribution in [0, 0.1) is 13.8 Å². The molecular weight excluding hydrogens is 741 g/mol. The van der Waals surface area contributed by atoms with Gasteiger partial charge in [0.1, 0.15) is 29.2 Å². The molecule has 2 aliphatic heterocycles. The van der Waals surface area contributed by atoms with Crippen LogP contribution in [0.3, 0.4) is 0 Å². The van der Waals surface area contributed by atoms with Crippen LogP contribution in [0.1, 0.15) is 16.7 Å². The van der Waals surface area contributed by atoms with E-state index in [-0.39, 0.29) is 17.4 Å². The molecule has 0 unspecified atom stereocenters. The second kappa shape index (κ2) is 17.5. The number of rotatable bonds is 7. The lowest BCUT2D eigenvalue weighted by Gasteiger charge is -2.36. The number of para-hydroxylation sites is 2. The summed E-state index contributed by atoms with van der Waals surface area (Å²) in [5, 5.41) is 36.4. The average Bonchev–Trinajstić information content (AvgIpc) is 3.26. The monoisotopic (exact) mass is 788 g/mol. The molecule has 9 rings (SSSR count). The van der Waals surface area contributed by atoms with Crippen LogP contribution >= 0.6 is 0 Å². The number of aliphatic hydroxyl groups excluding tert-OH is 1. The Labute approximate surface area is 343 Å². The van der Waals surface area contributed by atoms with Crippen molar-refractivity contribution in [3.05, 3.63) is 132 Å². The highest BCUT2D eigenvalue weighted by molar-refractivity contribution is 5.93. The molecule has 0 spiro atoms. The summed E-state index contributed by atoms with van der Waals surface area (Å²) in [6.07, 6.45) is -0.751. The lowest BCUT2D eigenvalue weighted by Crippen LogP contribution is -2.52. The number of phenols is 2. The van der Waals surface area contributed by atoms with Gasteiger partial charge in [-0.15, -0.1) is 0 Å². The summed E-state index contributed by atoms with van der Waals surface area (Å²) in [5.41, 5.74) is 6.16. The number of piperazine rings is 2. The van der Waals surface area contributed by atoms with Gasteiger partial charge >= 0.3 is 0 Å². The summed E-state index contributed by atoms with van der Waals surface area (Å²) >= 11 is 0. The number of nitrogens with one attached hydrogen (secondary N) is 1. The normalized spacial score (nSPS) is 14.9. The predicted molar refractivity (Wildman–Crippen MR) is 233 cm³/mol. The molecule has 0 radical (unpaired) electrons. The maximum absolute atomic E-state index is 12.9. The zero-order chi connectivity index (χ0) is 40.9. The van der Waals surface area contributed by atoms with E-state index in [4.69, 9.17) is 19.9 Å². The number of amides is 1. The molecular formula is C47H48N8O4. The van der Waals surface area contributed by atoms with Crippen LogP contribution in [-0.4, -0.2) is 105 Å². The Morgan fingerprint density at radius 2 is 1.08 bits per heavy atom. The number of aliphatic hydroxyl groups is 1. The fourth-order valence-corrected chi connectivity index (χ4v) is 7.64. The fraction of sp³-hybridized carbons (Fsp3) is 0.255. The third-order valence-corrected chi connectivity index (χ3v) is 10.8. The second-order valence-corrected chi connectivity index (χ2v) is 15.1. The van der Waals surface area contributed by atoms with Gasteiger partial charge in [-0.2, -0.15) is 0 Å². The highest BCUT2D eigenvalue weighted by Gasteiger charge is 2.28. The molecule has 1 amide bonds. The number of hydrogen-bond donors (Lipinski definition) is 4. The van der Waals surface area contributed by atoms with Crippen LogP contribution < -0.4 is 15.1 Å². The van der Waals surface area contributed by atoms with E-state index < -0.39 is 6.10 Å². The van der Waals surface area contributed by atoms with Crippen molar-refractivity contribution in [1.29, 1.82) is 0 Å². The van der Waals surface area contributed by atoms with Crippen molar-refractivity contribution in [1.82, 2.24) is 30.2 Å². The molecule has 2 saturated heterocycles. The first kappa shape index (κ1) is 39.2. The first-order chi connectivity index (χ1) is 28.7. The molecule has 12 nitrogen and oxygen atoms in total. The molecule has 0 bridgehead atoms. The summed E-state index contributed by atoms with van der Waals surface area (Å²) in [4.78, 5) is 38.1. The Morgan fingerprint density at radius 1 is 0.610 bits per heavy atom. The minimum absolute atomic E-state index is 0.133. The van der Waals surface area contributed by atoms with Gasteiger partial charge < -0.3 is 35.3 Å². The van der Waals surface area contributed by atoms with Gasteiger partial charge in [-0.05, 0) is 79.1 Å². The smallest absolute Gasteiger partial charge is 0.251 e. The van der Waals surface area contributed by atoms with Gasteiger partial charge in [0.15, 0.2) is 11.6 Å². The van der Waals surface area contributed by atoms with Crippen molar-refractivity contribution in [2.45, 2.75) is 26.4 Å². The average molecular weight is 789 g/mol. The zero-order valence-corrected chi connectivity index (χ0v) is 33.3. The minimum Gasteiger partial charge on any atom is -0.507 e. The number of fused-ring (bicyclic) bond motifs is 2. The third kappa shape index (κ3) is 8.79. The molecule has 0 saturated carbocycles. The van der Waals surface area contributed by atoms with Crippen LogP contribution in [-0.2, 0) is 11.2 Å². The van der Waals surface area contributed by atoms with Gasteiger partial charge in [0, 0.05) is 69.6 Å². The quantitative estimate of drug-likeness (QED) is 0.145. The number of carbonyl (C=O) groups is 1. The number of carbonyl (C=O) groups excluding carboxylic acids is 1. The topological polar surface area (TPSA) is 151 Å². The number of aryl methyl sites for hydroxylation is 2. The lowest BCUT2D eigenvalue weighted by atomic mass is 10.1. The molecule has 4 heterocycles. The lowest BCUT2D eigenvalue weighted by molar-refractivity contribution is -0.140. The Morgan fingerprint density at radius 3 is 1.59 bits per heavy atom. The molecule has 2 aliphatic rings. The number of aromatic hydroxyl groups is 2. The van der Waals surface area contributed by atoms with Gasteiger partial charge in [-0.3, -0.25) is 4.79 Å². The van der Waals surface area contributed by atoms with Gasteiger partial charge in [-0.25, -0.2) is 19.9 Å². The van der Waals surface area contributed by atoms with E-state index >= 15 is 0 Å². The van der Waals surface area contributed by atoms with E-state index in [2.05, 4.69) is 40.2 Å². The fourth-order valence-electron chi connectivity index (χ4n) is 7.64. The SMILES string of the molecule is Cc1ccc2c(N3CCN(C(=O)[C@H](O)Cc4ccccc4)CC3)nc(-c3ccccc3O)nc2c1.Cc1ccc2c(N3CCNCC3)nc(-c3ccccc3O)nc2c1. The van der Waals surface area contributed by atoms with Crippen LogP contribution in [0.4, 0.5) is 11.6 Å². The molecule has 59 heavy (non-hydrogen) atoms. The predicted octanol–water partition coefficient (Wildman–Crippen LogP) is 6.28. The second-order valence-electron chi connectivity index (χ2n) is 15.1. The number of nitrogens with zero attached hydrogens (tertiary/aromatic N) is 7. The summed E-state index contributed by atoms with van der Waals surface area (Å²) in [5.74, 6) is 2.85. The number of hydrogen-bond acceptors (Lipinski definition) is 11. The van der Waals surface area contributed by atoms with E-state index in [0.717, 1.165) is 76.3 Å². The van der Waals surface area contributed by atoms with Crippen LogP contribution in [0.2, 0.25) is 0 Å². The largest absolute Gasteiger partial charge is 0.507 e. The molecule has 1 atom stereocenters. The van der Waals surface area contributed by atoms with Crippen molar-refractivity contribution < 1.29 is 20.1 Å². The Bertz CT molecular complexity index is 2590. The number of phenolic OH excluding ortho intramolecular Hbond substituents is 2. The van der Waals surface area contributed by atoms with Gasteiger partial charge in [-0.1, -0.05) is 66.7 Å². The van der Waals surface area contributed by atoms with E-state index in [0.29, 0.717) is 55.4 Å². The maximum atomic E-state index is 12.9. The summed E-state index contributed by atoms with van der Waals surface area (Å²) < 4.78 is 0. The Kier molecular flexibility index (Phi) is 11.6. The van der Waals surface area contributed by atoms with E-state index in [1.165, 1.54) is 0 Å². The molecule has 4 N–H and O–H groups in total. The Hall–Kier alpha value is -6.63. The van der Waals surface area contributed by atoms with Crippen LogP contribution in [0.25, 0.3) is 44.6 Å². The van der Waals surface area contributed by atoms with Crippen LogP contribution in [0.5, 0.6) is 11.5 Å². The molecule has 2 fully saturated rings. The van der Waals surface area contributed by atoms with Crippen molar-refractivity contribution >= 4 is 39.3 Å². The van der Waals surface area contributed by atoms with Crippen molar-refractivity contribution in [2.75, 3.05) is 62.2 Å². The van der Waals surface area contributed by atoms with Gasteiger partial charge in [0.2, 0.25) is 0 Å². The summed E-state index contributed by atoms with van der Waals surface area (Å²) in [6, 6.07) is 36.2. The first-order valence-corrected chi connectivity index (χ1v) is 20.1.